The van der Waals surface area contributed by atoms with Crippen molar-refractivity contribution in [2.24, 2.45) is 10.9 Å². The van der Waals surface area contributed by atoms with Gasteiger partial charge in [0.2, 0.25) is 5.88 Å². The first-order valence-corrected chi connectivity index (χ1v) is 9.41. The highest BCUT2D eigenvalue weighted by atomic mass is 16.5. The Balaban J connectivity index is 1.65. The first kappa shape index (κ1) is 20.5. The number of aromatic nitrogens is 1. The molecule has 1 aliphatic carbocycles. The van der Waals surface area contributed by atoms with E-state index in [9.17, 15) is 0 Å². The van der Waals surface area contributed by atoms with Crippen LogP contribution in [0, 0.1) is 5.92 Å². The lowest BCUT2D eigenvalue weighted by atomic mass is 10.2. The summed E-state index contributed by atoms with van der Waals surface area (Å²) in [6, 6.07) is 3.99. The smallest absolute Gasteiger partial charge is 0.213 e. The van der Waals surface area contributed by atoms with Crippen LogP contribution in [-0.2, 0) is 11.3 Å². The summed E-state index contributed by atoms with van der Waals surface area (Å²) in [5.41, 5.74) is 1.13. The second kappa shape index (κ2) is 11.7. The third-order valence-corrected chi connectivity index (χ3v) is 4.32. The monoisotopic (exact) mass is 363 g/mol. The second-order valence-corrected chi connectivity index (χ2v) is 6.76. The van der Waals surface area contributed by atoms with Gasteiger partial charge in [-0.05, 0) is 43.9 Å². The number of ether oxygens (including phenoxy) is 2. The molecule has 0 atom stereocenters. The molecule has 0 radical (unpaired) electrons. The Morgan fingerprint density at radius 3 is 2.92 bits per heavy atom. The fourth-order valence-corrected chi connectivity index (χ4v) is 2.49. The van der Waals surface area contributed by atoms with E-state index in [1.54, 1.807) is 20.4 Å². The zero-order valence-corrected chi connectivity index (χ0v) is 16.3. The van der Waals surface area contributed by atoms with Crippen LogP contribution < -0.4 is 15.4 Å². The van der Waals surface area contributed by atoms with Crippen LogP contribution in [0.5, 0.6) is 5.88 Å². The molecule has 1 saturated carbocycles. The number of guanidine groups is 1. The van der Waals surface area contributed by atoms with E-state index in [-0.39, 0.29) is 0 Å². The van der Waals surface area contributed by atoms with E-state index in [0.29, 0.717) is 12.4 Å². The minimum Gasteiger partial charge on any atom is -0.477 e. The quantitative estimate of drug-likeness (QED) is 0.333. The van der Waals surface area contributed by atoms with Crippen molar-refractivity contribution in [2.45, 2.75) is 25.8 Å². The number of pyridine rings is 1. The molecule has 0 spiro atoms. The van der Waals surface area contributed by atoms with Crippen LogP contribution in [0.1, 0.15) is 24.8 Å². The minimum absolute atomic E-state index is 0.686. The molecule has 0 saturated heterocycles. The lowest BCUT2D eigenvalue weighted by Gasteiger charge is -2.18. The van der Waals surface area contributed by atoms with Crippen molar-refractivity contribution < 1.29 is 9.47 Å². The Kier molecular flexibility index (Phi) is 9.20. The standard InChI is InChI=1S/C19H33N5O2/c1-20-19(22-9-11-24(2)10-4-12-25-3)23-14-17-7-8-21-18(13-17)26-15-16-5-6-16/h7-8,13,16H,4-6,9-12,14-15H2,1-3H3,(H2,20,22,23). The largest absolute Gasteiger partial charge is 0.477 e. The highest BCUT2D eigenvalue weighted by Gasteiger charge is 2.22. The maximum absolute atomic E-state index is 5.74. The summed E-state index contributed by atoms with van der Waals surface area (Å²) < 4.78 is 10.8. The number of hydrogen-bond acceptors (Lipinski definition) is 5. The minimum atomic E-state index is 0.686. The van der Waals surface area contributed by atoms with E-state index in [0.717, 1.165) is 56.7 Å². The van der Waals surface area contributed by atoms with E-state index in [4.69, 9.17) is 9.47 Å². The van der Waals surface area contributed by atoms with Crippen molar-refractivity contribution in [3.05, 3.63) is 23.9 Å². The molecular weight excluding hydrogens is 330 g/mol. The molecule has 0 aromatic carbocycles. The van der Waals surface area contributed by atoms with Crippen molar-refractivity contribution in [3.63, 3.8) is 0 Å². The van der Waals surface area contributed by atoms with E-state index in [1.165, 1.54) is 12.8 Å². The molecule has 1 fully saturated rings. The third kappa shape index (κ3) is 8.49. The Morgan fingerprint density at radius 1 is 1.35 bits per heavy atom. The fourth-order valence-electron chi connectivity index (χ4n) is 2.49. The van der Waals surface area contributed by atoms with Gasteiger partial charge in [0.1, 0.15) is 0 Å². The van der Waals surface area contributed by atoms with Gasteiger partial charge < -0.3 is 25.0 Å². The SMILES string of the molecule is CN=C(NCCN(C)CCCOC)NCc1ccnc(OCC2CC2)c1. The van der Waals surface area contributed by atoms with E-state index < -0.39 is 0 Å². The van der Waals surface area contributed by atoms with E-state index >= 15 is 0 Å². The average Bonchev–Trinajstić information content (AvgIpc) is 3.48. The predicted octanol–water partition coefficient (Wildman–Crippen LogP) is 1.50. The molecule has 0 bridgehead atoms. The second-order valence-electron chi connectivity index (χ2n) is 6.76. The number of aliphatic imine (C=N–C) groups is 1. The van der Waals surface area contributed by atoms with Gasteiger partial charge in [-0.1, -0.05) is 0 Å². The maximum atomic E-state index is 5.74. The lowest BCUT2D eigenvalue weighted by molar-refractivity contribution is 0.180. The Hall–Kier alpha value is -1.86. The van der Waals surface area contributed by atoms with Gasteiger partial charge in [-0.2, -0.15) is 0 Å². The number of rotatable bonds is 12. The summed E-state index contributed by atoms with van der Waals surface area (Å²) in [6.07, 6.45) is 5.41. The summed E-state index contributed by atoms with van der Waals surface area (Å²) in [4.78, 5) is 10.8. The van der Waals surface area contributed by atoms with Crippen LogP contribution in [0.25, 0.3) is 0 Å². The Bertz CT molecular complexity index is 548. The van der Waals surface area contributed by atoms with Crippen molar-refractivity contribution in [1.82, 2.24) is 20.5 Å². The zero-order chi connectivity index (χ0) is 18.6. The number of hydrogen-bond donors (Lipinski definition) is 2. The molecule has 1 heterocycles. The number of nitrogens with one attached hydrogen (secondary N) is 2. The zero-order valence-electron chi connectivity index (χ0n) is 16.3. The number of likely N-dealkylation sites (N-methyl/N-ethyl adjacent to an activating group) is 1. The van der Waals surface area contributed by atoms with Gasteiger partial charge in [0.05, 0.1) is 6.61 Å². The third-order valence-electron chi connectivity index (χ3n) is 4.32. The highest BCUT2D eigenvalue weighted by Crippen LogP contribution is 2.29. The summed E-state index contributed by atoms with van der Waals surface area (Å²) >= 11 is 0. The van der Waals surface area contributed by atoms with Crippen LogP contribution in [0.4, 0.5) is 0 Å². The molecule has 146 valence electrons. The molecule has 7 nitrogen and oxygen atoms in total. The molecule has 1 aliphatic rings. The van der Waals surface area contributed by atoms with E-state index in [1.807, 2.05) is 12.1 Å². The molecule has 2 N–H and O–H groups in total. The van der Waals surface area contributed by atoms with E-state index in [2.05, 4.69) is 32.6 Å². The van der Waals surface area contributed by atoms with Gasteiger partial charge in [-0.15, -0.1) is 0 Å². The molecule has 0 aliphatic heterocycles. The summed E-state index contributed by atoms with van der Waals surface area (Å²) in [7, 11) is 5.64. The number of methoxy groups -OCH3 is 1. The molecular formula is C19H33N5O2. The topological polar surface area (TPSA) is 71.0 Å². The summed E-state index contributed by atoms with van der Waals surface area (Å²) in [6.45, 7) is 5.10. The van der Waals surface area contributed by atoms with Gasteiger partial charge in [0, 0.05) is 59.2 Å². The normalized spacial score (nSPS) is 14.5. The highest BCUT2D eigenvalue weighted by molar-refractivity contribution is 5.79. The summed E-state index contributed by atoms with van der Waals surface area (Å²) in [5, 5.41) is 6.68. The van der Waals surface area contributed by atoms with Crippen molar-refractivity contribution in [1.29, 1.82) is 0 Å². The lowest BCUT2D eigenvalue weighted by Crippen LogP contribution is -2.40. The first-order valence-electron chi connectivity index (χ1n) is 9.41. The molecule has 26 heavy (non-hydrogen) atoms. The van der Waals surface area contributed by atoms with Gasteiger partial charge in [-0.3, -0.25) is 4.99 Å². The maximum Gasteiger partial charge on any atom is 0.213 e. The van der Waals surface area contributed by atoms with Crippen LogP contribution >= 0.6 is 0 Å². The van der Waals surface area contributed by atoms with Gasteiger partial charge >= 0.3 is 0 Å². The van der Waals surface area contributed by atoms with Gasteiger partial charge in [-0.25, -0.2) is 4.98 Å². The van der Waals surface area contributed by atoms with Crippen LogP contribution in [0.3, 0.4) is 0 Å². The Labute approximate surface area is 157 Å². The summed E-state index contributed by atoms with van der Waals surface area (Å²) in [5.74, 6) is 2.23. The van der Waals surface area contributed by atoms with Crippen molar-refractivity contribution in [3.8, 4) is 5.88 Å². The fraction of sp³-hybridized carbons (Fsp3) is 0.684. The molecule has 1 aromatic rings. The molecule has 1 aromatic heterocycles. The molecule has 7 heteroatoms. The predicted molar refractivity (Wildman–Crippen MR) is 105 cm³/mol. The van der Waals surface area contributed by atoms with Gasteiger partial charge in [0.25, 0.3) is 0 Å². The molecule has 2 rings (SSSR count). The van der Waals surface area contributed by atoms with Crippen molar-refractivity contribution >= 4 is 5.96 Å². The number of nitrogens with zero attached hydrogens (tertiary/aromatic N) is 3. The molecule has 0 unspecified atom stereocenters. The van der Waals surface area contributed by atoms with Crippen LogP contribution in [0.15, 0.2) is 23.3 Å². The van der Waals surface area contributed by atoms with Crippen LogP contribution in [-0.4, -0.2) is 69.9 Å². The Morgan fingerprint density at radius 2 is 2.19 bits per heavy atom. The average molecular weight is 364 g/mol. The van der Waals surface area contributed by atoms with Crippen LogP contribution in [0.2, 0.25) is 0 Å². The first-order chi connectivity index (χ1) is 12.7. The molecule has 0 amide bonds. The van der Waals surface area contributed by atoms with Crippen molar-refractivity contribution in [2.75, 3.05) is 54.1 Å². The van der Waals surface area contributed by atoms with Gasteiger partial charge in [0.15, 0.2) is 5.96 Å².